The van der Waals surface area contributed by atoms with Gasteiger partial charge in [-0.3, -0.25) is 9.36 Å². The number of benzene rings is 1. The molecule has 30 heavy (non-hydrogen) atoms. The number of aromatic nitrogens is 3. The molecule has 0 spiro atoms. The standard InChI is InChI=1S/C21H22F2N4O3/c22-14-4-3-12(8-15(14)23)16-5-6-17-20(26-16)21(30)27(11-25-17)10-13(28)9-18-19(29)2-1-7-24-18/h3-6,8,11,13,18-19,24,28-29H,1-2,7,9-10H2/t13?,18-,19+/m1/s1. The lowest BCUT2D eigenvalue weighted by Crippen LogP contribution is -2.47. The molecule has 1 saturated heterocycles. The van der Waals surface area contributed by atoms with E-state index in [2.05, 4.69) is 15.3 Å². The van der Waals surface area contributed by atoms with Crippen molar-refractivity contribution in [3.05, 3.63) is 58.6 Å². The van der Waals surface area contributed by atoms with Crippen LogP contribution in [-0.4, -0.2) is 49.5 Å². The number of nitrogens with zero attached hydrogens (tertiary/aromatic N) is 3. The predicted octanol–water partition coefficient (Wildman–Crippen LogP) is 1.60. The normalized spacial score (nSPS) is 20.4. The maximum absolute atomic E-state index is 13.6. The molecule has 1 aliphatic heterocycles. The van der Waals surface area contributed by atoms with Crippen LogP contribution in [0.4, 0.5) is 8.78 Å². The molecule has 3 atom stereocenters. The van der Waals surface area contributed by atoms with Gasteiger partial charge in [0.2, 0.25) is 0 Å². The van der Waals surface area contributed by atoms with Gasteiger partial charge < -0.3 is 15.5 Å². The van der Waals surface area contributed by atoms with Crippen LogP contribution in [0.2, 0.25) is 0 Å². The van der Waals surface area contributed by atoms with Gasteiger partial charge in [-0.05, 0) is 56.1 Å². The first-order valence-corrected chi connectivity index (χ1v) is 9.83. The van der Waals surface area contributed by atoms with Crippen molar-refractivity contribution in [3.63, 3.8) is 0 Å². The van der Waals surface area contributed by atoms with E-state index in [0.29, 0.717) is 29.6 Å². The molecule has 3 heterocycles. The van der Waals surface area contributed by atoms with E-state index in [1.165, 1.54) is 17.0 Å². The lowest BCUT2D eigenvalue weighted by Gasteiger charge is -2.30. The van der Waals surface area contributed by atoms with Crippen LogP contribution in [0.5, 0.6) is 0 Å². The van der Waals surface area contributed by atoms with Gasteiger partial charge in [-0.2, -0.15) is 0 Å². The first kappa shape index (κ1) is 20.5. The third-order valence-corrected chi connectivity index (χ3v) is 5.37. The van der Waals surface area contributed by atoms with E-state index in [1.54, 1.807) is 12.1 Å². The zero-order valence-electron chi connectivity index (χ0n) is 16.1. The van der Waals surface area contributed by atoms with E-state index >= 15 is 0 Å². The molecule has 9 heteroatoms. The van der Waals surface area contributed by atoms with Gasteiger partial charge in [0.05, 0.1) is 36.3 Å². The Hall–Kier alpha value is -2.75. The van der Waals surface area contributed by atoms with Gasteiger partial charge in [0.15, 0.2) is 17.2 Å². The van der Waals surface area contributed by atoms with Crippen molar-refractivity contribution in [2.45, 2.75) is 44.1 Å². The van der Waals surface area contributed by atoms with E-state index < -0.39 is 29.4 Å². The lowest BCUT2D eigenvalue weighted by molar-refractivity contribution is 0.0539. The minimum Gasteiger partial charge on any atom is -0.392 e. The summed E-state index contributed by atoms with van der Waals surface area (Å²) in [6.45, 7) is 0.784. The second-order valence-electron chi connectivity index (χ2n) is 7.55. The number of hydrogen-bond acceptors (Lipinski definition) is 6. The van der Waals surface area contributed by atoms with Gasteiger partial charge in [0.25, 0.3) is 5.56 Å². The fraction of sp³-hybridized carbons (Fsp3) is 0.381. The highest BCUT2D eigenvalue weighted by Gasteiger charge is 2.25. The van der Waals surface area contributed by atoms with Crippen molar-refractivity contribution < 1.29 is 19.0 Å². The predicted molar refractivity (Wildman–Crippen MR) is 107 cm³/mol. The molecule has 1 fully saturated rings. The first-order valence-electron chi connectivity index (χ1n) is 9.83. The van der Waals surface area contributed by atoms with Crippen molar-refractivity contribution in [2.24, 2.45) is 0 Å². The Balaban J connectivity index is 1.59. The molecule has 3 N–H and O–H groups in total. The zero-order valence-corrected chi connectivity index (χ0v) is 16.1. The minimum atomic E-state index is -1.00. The molecule has 158 valence electrons. The van der Waals surface area contributed by atoms with Crippen LogP contribution >= 0.6 is 0 Å². The molecule has 3 aromatic rings. The topological polar surface area (TPSA) is 100 Å². The number of halogens is 2. The summed E-state index contributed by atoms with van der Waals surface area (Å²) in [5.41, 5.74) is 0.640. The fourth-order valence-electron chi connectivity index (χ4n) is 3.75. The van der Waals surface area contributed by atoms with Crippen LogP contribution in [0.25, 0.3) is 22.3 Å². The van der Waals surface area contributed by atoms with Crippen LogP contribution in [0.3, 0.4) is 0 Å². The highest BCUT2D eigenvalue weighted by Crippen LogP contribution is 2.21. The SMILES string of the molecule is O=c1c2nc(-c3ccc(F)c(F)c3)ccc2ncn1CC(O)C[C@H]1NCCC[C@@H]1O. The Morgan fingerprint density at radius 2 is 2.07 bits per heavy atom. The van der Waals surface area contributed by atoms with Gasteiger partial charge in [0.1, 0.15) is 0 Å². The van der Waals surface area contributed by atoms with Crippen LogP contribution in [-0.2, 0) is 6.54 Å². The van der Waals surface area contributed by atoms with Crippen molar-refractivity contribution in [3.8, 4) is 11.3 Å². The summed E-state index contributed by atoms with van der Waals surface area (Å²) in [6.07, 6.45) is 1.82. The number of fused-ring (bicyclic) bond motifs is 1. The summed E-state index contributed by atoms with van der Waals surface area (Å²) in [6, 6.07) is 6.34. The Morgan fingerprint density at radius 1 is 1.23 bits per heavy atom. The van der Waals surface area contributed by atoms with Crippen molar-refractivity contribution in [1.82, 2.24) is 19.9 Å². The molecule has 1 aliphatic rings. The maximum Gasteiger partial charge on any atom is 0.279 e. The Labute approximate surface area is 171 Å². The highest BCUT2D eigenvalue weighted by molar-refractivity contribution is 5.76. The van der Waals surface area contributed by atoms with Gasteiger partial charge in [-0.1, -0.05) is 0 Å². The summed E-state index contributed by atoms with van der Waals surface area (Å²) in [4.78, 5) is 21.4. The maximum atomic E-state index is 13.6. The average Bonchev–Trinajstić information content (AvgIpc) is 2.74. The van der Waals surface area contributed by atoms with Crippen LogP contribution in [0.1, 0.15) is 19.3 Å². The minimum absolute atomic E-state index is 0.00373. The molecule has 1 aromatic carbocycles. The Bertz CT molecular complexity index is 1120. The summed E-state index contributed by atoms with van der Waals surface area (Å²) in [5, 5.41) is 23.6. The van der Waals surface area contributed by atoms with E-state index in [4.69, 9.17) is 0 Å². The summed E-state index contributed by atoms with van der Waals surface area (Å²) >= 11 is 0. The van der Waals surface area contributed by atoms with E-state index in [1.807, 2.05) is 0 Å². The molecule has 0 radical (unpaired) electrons. The smallest absolute Gasteiger partial charge is 0.279 e. The highest BCUT2D eigenvalue weighted by atomic mass is 19.2. The summed E-state index contributed by atoms with van der Waals surface area (Å²) < 4.78 is 28.0. The number of piperidine rings is 1. The molecule has 1 unspecified atom stereocenters. The van der Waals surface area contributed by atoms with E-state index in [9.17, 15) is 23.8 Å². The van der Waals surface area contributed by atoms with Crippen molar-refractivity contribution in [1.29, 1.82) is 0 Å². The number of pyridine rings is 1. The van der Waals surface area contributed by atoms with Crippen molar-refractivity contribution in [2.75, 3.05) is 6.54 Å². The van der Waals surface area contributed by atoms with Crippen LogP contribution in [0.15, 0.2) is 41.5 Å². The number of nitrogens with one attached hydrogen (secondary N) is 1. The van der Waals surface area contributed by atoms with Gasteiger partial charge in [0, 0.05) is 11.6 Å². The number of aliphatic hydroxyl groups is 2. The quantitative estimate of drug-likeness (QED) is 0.584. The molecule has 2 aromatic heterocycles. The molecule has 0 aliphatic carbocycles. The van der Waals surface area contributed by atoms with Crippen molar-refractivity contribution >= 4 is 11.0 Å². The molecule has 0 saturated carbocycles. The number of hydrogen-bond donors (Lipinski definition) is 3. The van der Waals surface area contributed by atoms with E-state index in [-0.39, 0.29) is 18.1 Å². The molecular formula is C21H22F2N4O3. The van der Waals surface area contributed by atoms with E-state index in [0.717, 1.165) is 25.1 Å². The third-order valence-electron chi connectivity index (χ3n) is 5.37. The Kier molecular flexibility index (Phi) is 5.85. The van der Waals surface area contributed by atoms with Gasteiger partial charge in [-0.25, -0.2) is 18.7 Å². The molecule has 0 bridgehead atoms. The summed E-state index contributed by atoms with van der Waals surface area (Å²) in [5.74, 6) is -1.96. The summed E-state index contributed by atoms with van der Waals surface area (Å²) in [7, 11) is 0. The lowest BCUT2D eigenvalue weighted by atomic mass is 9.96. The molecule has 7 nitrogen and oxygen atoms in total. The van der Waals surface area contributed by atoms with Crippen LogP contribution in [0, 0.1) is 11.6 Å². The zero-order chi connectivity index (χ0) is 21.3. The second kappa shape index (κ2) is 8.55. The fourth-order valence-corrected chi connectivity index (χ4v) is 3.75. The largest absolute Gasteiger partial charge is 0.392 e. The second-order valence-corrected chi connectivity index (χ2v) is 7.55. The average molecular weight is 416 g/mol. The molecule has 4 rings (SSSR count). The van der Waals surface area contributed by atoms with Crippen LogP contribution < -0.4 is 10.9 Å². The Morgan fingerprint density at radius 3 is 2.83 bits per heavy atom. The number of rotatable bonds is 5. The van der Waals surface area contributed by atoms with Gasteiger partial charge in [-0.15, -0.1) is 0 Å². The molecule has 0 amide bonds. The number of aliphatic hydroxyl groups excluding tert-OH is 2. The van der Waals surface area contributed by atoms with Gasteiger partial charge >= 0.3 is 0 Å². The first-order chi connectivity index (χ1) is 14.4. The third kappa shape index (κ3) is 4.23. The monoisotopic (exact) mass is 416 g/mol. The molecular weight excluding hydrogens is 394 g/mol.